The Morgan fingerprint density at radius 1 is 0.909 bits per heavy atom. The summed E-state index contributed by atoms with van der Waals surface area (Å²) in [5.74, 6) is 1.53. The molecule has 0 atom stereocenters. The van der Waals surface area contributed by atoms with Gasteiger partial charge in [-0.1, -0.05) is 36.4 Å². The van der Waals surface area contributed by atoms with Gasteiger partial charge in [-0.25, -0.2) is 0 Å². The maximum Gasteiger partial charge on any atom is 0.120 e. The summed E-state index contributed by atoms with van der Waals surface area (Å²) in [5, 5.41) is 11.6. The Hall–Kier alpha value is -2.52. The number of methoxy groups -OCH3 is 1. The van der Waals surface area contributed by atoms with Crippen LogP contribution in [-0.4, -0.2) is 12.2 Å². The number of benzene rings is 3. The molecule has 22 heavy (non-hydrogen) atoms. The minimum absolute atomic E-state index is 0.0355. The van der Waals surface area contributed by atoms with E-state index in [1.54, 1.807) is 7.11 Å². The highest BCUT2D eigenvalue weighted by Crippen LogP contribution is 2.29. The fraction of sp³-hybridized carbons (Fsp3) is 0.158. The largest absolute Gasteiger partial charge is 0.497 e. The highest BCUT2D eigenvalue weighted by Gasteiger charge is 2.06. The first-order valence-corrected chi connectivity index (χ1v) is 7.18. The van der Waals surface area contributed by atoms with E-state index in [1.807, 2.05) is 60.7 Å². The van der Waals surface area contributed by atoms with Gasteiger partial charge < -0.3 is 14.6 Å². The van der Waals surface area contributed by atoms with Crippen LogP contribution < -0.4 is 9.47 Å². The molecule has 0 aromatic heterocycles. The lowest BCUT2D eigenvalue weighted by Gasteiger charge is -2.11. The summed E-state index contributed by atoms with van der Waals surface area (Å²) < 4.78 is 11.1. The molecule has 3 aromatic rings. The monoisotopic (exact) mass is 294 g/mol. The van der Waals surface area contributed by atoms with Gasteiger partial charge in [0, 0.05) is 0 Å². The number of fused-ring (bicyclic) bond motifs is 1. The summed E-state index contributed by atoms with van der Waals surface area (Å²) in [5.41, 5.74) is 1.95. The van der Waals surface area contributed by atoms with Gasteiger partial charge in [0.25, 0.3) is 0 Å². The number of rotatable bonds is 5. The highest BCUT2D eigenvalue weighted by atomic mass is 16.5. The normalized spacial score (nSPS) is 10.6. The molecule has 3 aromatic carbocycles. The average molecular weight is 294 g/mol. The highest BCUT2D eigenvalue weighted by molar-refractivity contribution is 5.88. The smallest absolute Gasteiger partial charge is 0.120 e. The van der Waals surface area contributed by atoms with Crippen LogP contribution in [-0.2, 0) is 13.2 Å². The number of ether oxygens (including phenoxy) is 2. The third kappa shape index (κ3) is 3.05. The van der Waals surface area contributed by atoms with Crippen LogP contribution in [0.15, 0.2) is 60.7 Å². The standard InChI is InChI=1S/C19H18O3/c1-21-17-8-7-15-9-18(10-16(12-20)19(15)11-17)22-13-14-5-3-2-4-6-14/h2-11,20H,12-13H2,1H3. The van der Waals surface area contributed by atoms with E-state index in [4.69, 9.17) is 9.47 Å². The minimum Gasteiger partial charge on any atom is -0.497 e. The van der Waals surface area contributed by atoms with Crippen molar-refractivity contribution in [2.75, 3.05) is 7.11 Å². The zero-order valence-electron chi connectivity index (χ0n) is 12.5. The van der Waals surface area contributed by atoms with Gasteiger partial charge in [0.2, 0.25) is 0 Å². The predicted octanol–water partition coefficient (Wildman–Crippen LogP) is 3.92. The van der Waals surface area contributed by atoms with E-state index in [0.717, 1.165) is 33.4 Å². The summed E-state index contributed by atoms with van der Waals surface area (Å²) in [6.07, 6.45) is 0. The first kappa shape index (κ1) is 14.4. The third-order valence-corrected chi connectivity index (χ3v) is 3.64. The van der Waals surface area contributed by atoms with Crippen molar-refractivity contribution in [2.45, 2.75) is 13.2 Å². The summed E-state index contributed by atoms with van der Waals surface area (Å²) in [4.78, 5) is 0. The summed E-state index contributed by atoms with van der Waals surface area (Å²) in [7, 11) is 1.64. The lowest BCUT2D eigenvalue weighted by Crippen LogP contribution is -1.97. The van der Waals surface area contributed by atoms with E-state index in [9.17, 15) is 5.11 Å². The van der Waals surface area contributed by atoms with Crippen molar-refractivity contribution in [1.82, 2.24) is 0 Å². The van der Waals surface area contributed by atoms with Crippen molar-refractivity contribution in [3.05, 3.63) is 71.8 Å². The van der Waals surface area contributed by atoms with E-state index in [1.165, 1.54) is 0 Å². The summed E-state index contributed by atoms with van der Waals surface area (Å²) >= 11 is 0. The van der Waals surface area contributed by atoms with Gasteiger partial charge in [0.1, 0.15) is 18.1 Å². The fourth-order valence-corrected chi connectivity index (χ4v) is 2.47. The maximum absolute atomic E-state index is 9.61. The molecule has 0 spiro atoms. The van der Waals surface area contributed by atoms with Gasteiger partial charge in [-0.05, 0) is 46.2 Å². The molecule has 1 N–H and O–H groups in total. The zero-order chi connectivity index (χ0) is 15.4. The molecule has 0 aliphatic rings. The van der Waals surface area contributed by atoms with Crippen molar-refractivity contribution in [2.24, 2.45) is 0 Å². The van der Waals surface area contributed by atoms with E-state index in [2.05, 4.69) is 0 Å². The van der Waals surface area contributed by atoms with Gasteiger partial charge in [-0.3, -0.25) is 0 Å². The van der Waals surface area contributed by atoms with Crippen molar-refractivity contribution in [3.63, 3.8) is 0 Å². The van der Waals surface area contributed by atoms with E-state index in [0.29, 0.717) is 6.61 Å². The molecule has 0 saturated carbocycles. The van der Waals surface area contributed by atoms with Crippen molar-refractivity contribution in [1.29, 1.82) is 0 Å². The summed E-state index contributed by atoms with van der Waals surface area (Å²) in [6.45, 7) is 0.472. The Balaban J connectivity index is 1.90. The first-order chi connectivity index (χ1) is 10.8. The molecular weight excluding hydrogens is 276 g/mol. The second-order valence-electron chi connectivity index (χ2n) is 5.10. The van der Waals surface area contributed by atoms with Gasteiger partial charge in [-0.2, -0.15) is 0 Å². The molecule has 0 unspecified atom stereocenters. The van der Waals surface area contributed by atoms with Crippen LogP contribution in [0.25, 0.3) is 10.8 Å². The third-order valence-electron chi connectivity index (χ3n) is 3.64. The van der Waals surface area contributed by atoms with Crippen LogP contribution in [0.1, 0.15) is 11.1 Å². The SMILES string of the molecule is COc1ccc2cc(OCc3ccccc3)cc(CO)c2c1. The number of hydrogen-bond donors (Lipinski definition) is 1. The second kappa shape index (κ2) is 6.50. The quantitative estimate of drug-likeness (QED) is 0.775. The Kier molecular flexibility index (Phi) is 4.26. The number of aliphatic hydroxyl groups excluding tert-OH is 1. The Bertz CT molecular complexity index is 766. The van der Waals surface area contributed by atoms with Crippen LogP contribution in [0.3, 0.4) is 0 Å². The Morgan fingerprint density at radius 3 is 2.45 bits per heavy atom. The van der Waals surface area contributed by atoms with Crippen LogP contribution in [0.4, 0.5) is 0 Å². The van der Waals surface area contributed by atoms with E-state index < -0.39 is 0 Å². The molecule has 0 fully saturated rings. The molecule has 3 heteroatoms. The molecule has 0 bridgehead atoms. The summed E-state index contributed by atoms with van der Waals surface area (Å²) in [6, 6.07) is 19.7. The zero-order valence-corrected chi connectivity index (χ0v) is 12.5. The Morgan fingerprint density at radius 2 is 1.73 bits per heavy atom. The number of hydrogen-bond acceptors (Lipinski definition) is 3. The van der Waals surface area contributed by atoms with Crippen LogP contribution in [0.2, 0.25) is 0 Å². The van der Waals surface area contributed by atoms with Gasteiger partial charge >= 0.3 is 0 Å². The molecule has 0 amide bonds. The van der Waals surface area contributed by atoms with Crippen LogP contribution >= 0.6 is 0 Å². The minimum atomic E-state index is -0.0355. The lowest BCUT2D eigenvalue weighted by molar-refractivity contribution is 0.279. The fourth-order valence-electron chi connectivity index (χ4n) is 2.47. The Labute approximate surface area is 129 Å². The van der Waals surface area contributed by atoms with E-state index >= 15 is 0 Å². The second-order valence-corrected chi connectivity index (χ2v) is 5.10. The maximum atomic E-state index is 9.61. The number of aliphatic hydroxyl groups is 1. The van der Waals surface area contributed by atoms with Crippen LogP contribution in [0.5, 0.6) is 11.5 Å². The van der Waals surface area contributed by atoms with Gasteiger partial charge in [0.15, 0.2) is 0 Å². The molecule has 3 rings (SSSR count). The lowest BCUT2D eigenvalue weighted by atomic mass is 10.0. The average Bonchev–Trinajstić information content (AvgIpc) is 2.59. The first-order valence-electron chi connectivity index (χ1n) is 7.18. The molecule has 0 radical (unpaired) electrons. The van der Waals surface area contributed by atoms with Gasteiger partial charge in [0.05, 0.1) is 13.7 Å². The predicted molar refractivity (Wildman–Crippen MR) is 87.2 cm³/mol. The van der Waals surface area contributed by atoms with Crippen molar-refractivity contribution >= 4 is 10.8 Å². The molecular formula is C19H18O3. The topological polar surface area (TPSA) is 38.7 Å². The van der Waals surface area contributed by atoms with Crippen LogP contribution in [0, 0.1) is 0 Å². The molecule has 0 saturated heterocycles. The molecule has 0 aliphatic carbocycles. The van der Waals surface area contributed by atoms with E-state index in [-0.39, 0.29) is 6.61 Å². The molecule has 0 heterocycles. The van der Waals surface area contributed by atoms with Crippen molar-refractivity contribution < 1.29 is 14.6 Å². The molecule has 0 aliphatic heterocycles. The molecule has 112 valence electrons. The van der Waals surface area contributed by atoms with Crippen molar-refractivity contribution in [3.8, 4) is 11.5 Å². The van der Waals surface area contributed by atoms with Gasteiger partial charge in [-0.15, -0.1) is 0 Å². The molecule has 3 nitrogen and oxygen atoms in total.